The van der Waals surface area contributed by atoms with Gasteiger partial charge < -0.3 is 4.74 Å². The molecule has 0 aromatic heterocycles. The van der Waals surface area contributed by atoms with Crippen LogP contribution in [-0.2, 0) is 9.53 Å². The summed E-state index contributed by atoms with van der Waals surface area (Å²) in [6.45, 7) is 4.28. The second kappa shape index (κ2) is 4.05. The summed E-state index contributed by atoms with van der Waals surface area (Å²) in [5.41, 5.74) is -1.03. The van der Waals surface area contributed by atoms with Crippen LogP contribution < -0.4 is 5.84 Å². The van der Waals surface area contributed by atoms with Gasteiger partial charge in [-0.25, -0.2) is 10.6 Å². The molecule has 0 fully saturated rings. The monoisotopic (exact) mass is 228 g/mol. The molecule has 88 valence electrons. The van der Waals surface area contributed by atoms with Crippen molar-refractivity contribution in [3.8, 4) is 0 Å². The fourth-order valence-corrected chi connectivity index (χ4v) is 0.531. The molecule has 0 aromatic carbocycles. The molecule has 0 radical (unpaired) electrons. The number of carbonyl (C=O) groups is 2. The topological polar surface area (TPSA) is 72.6 Å². The highest BCUT2D eigenvalue weighted by molar-refractivity contribution is 5.94. The van der Waals surface area contributed by atoms with Gasteiger partial charge in [0.2, 0.25) is 0 Å². The number of hydrogen-bond acceptors (Lipinski definition) is 4. The molecule has 15 heavy (non-hydrogen) atoms. The molecule has 0 saturated heterocycles. The van der Waals surface area contributed by atoms with Crippen molar-refractivity contribution in [1.82, 2.24) is 5.01 Å². The van der Waals surface area contributed by atoms with Crippen LogP contribution in [0.25, 0.3) is 0 Å². The number of halogens is 3. The molecule has 2 N–H and O–H groups in total. The Morgan fingerprint density at radius 1 is 1.20 bits per heavy atom. The molecule has 8 heteroatoms. The Morgan fingerprint density at radius 3 is 1.87 bits per heavy atom. The highest BCUT2D eigenvalue weighted by atomic mass is 19.4. The quantitative estimate of drug-likeness (QED) is 0.384. The van der Waals surface area contributed by atoms with Gasteiger partial charge in [-0.15, -0.1) is 0 Å². The Kier molecular flexibility index (Phi) is 3.70. The van der Waals surface area contributed by atoms with E-state index in [1.807, 2.05) is 0 Å². The SMILES string of the molecule is CC(C)(C)OC(=O)N(N)C(=O)C(F)(F)F. The summed E-state index contributed by atoms with van der Waals surface area (Å²) < 4.78 is 39.9. The minimum absolute atomic E-state index is 0.606. The second-order valence-corrected chi connectivity index (χ2v) is 3.65. The van der Waals surface area contributed by atoms with Crippen LogP contribution in [0.3, 0.4) is 0 Å². The Morgan fingerprint density at radius 2 is 1.60 bits per heavy atom. The predicted molar refractivity (Wildman–Crippen MR) is 43.3 cm³/mol. The molecule has 0 saturated carbocycles. The lowest BCUT2D eigenvalue weighted by Crippen LogP contribution is -2.50. The predicted octanol–water partition coefficient (Wildman–Crippen LogP) is 1.19. The third-order valence-electron chi connectivity index (χ3n) is 1.05. The van der Waals surface area contributed by atoms with E-state index in [4.69, 9.17) is 0 Å². The van der Waals surface area contributed by atoms with Crippen LogP contribution >= 0.6 is 0 Å². The fourth-order valence-electron chi connectivity index (χ4n) is 0.531. The number of alkyl halides is 3. The molecule has 2 amide bonds. The molecule has 0 atom stereocenters. The van der Waals surface area contributed by atoms with Gasteiger partial charge in [-0.05, 0) is 20.8 Å². The van der Waals surface area contributed by atoms with Crippen molar-refractivity contribution >= 4 is 12.0 Å². The zero-order valence-corrected chi connectivity index (χ0v) is 8.38. The number of imide groups is 1. The summed E-state index contributed by atoms with van der Waals surface area (Å²) >= 11 is 0. The molecule has 0 aliphatic heterocycles. The summed E-state index contributed by atoms with van der Waals surface area (Å²) in [5, 5.41) is -0.606. The maximum absolute atomic E-state index is 11.8. The van der Waals surface area contributed by atoms with Gasteiger partial charge in [0.25, 0.3) is 0 Å². The molecule has 5 nitrogen and oxygen atoms in total. The summed E-state index contributed by atoms with van der Waals surface area (Å²) in [4.78, 5) is 21.4. The van der Waals surface area contributed by atoms with Gasteiger partial charge in [-0.2, -0.15) is 18.2 Å². The Bertz CT molecular complexity index is 270. The lowest BCUT2D eigenvalue weighted by atomic mass is 10.2. The van der Waals surface area contributed by atoms with Gasteiger partial charge in [0, 0.05) is 0 Å². The molecular weight excluding hydrogens is 217 g/mol. The summed E-state index contributed by atoms with van der Waals surface area (Å²) in [6.07, 6.45) is -6.75. The largest absolute Gasteiger partial charge is 0.473 e. The van der Waals surface area contributed by atoms with Gasteiger partial charge in [0.05, 0.1) is 0 Å². The average molecular weight is 228 g/mol. The number of ether oxygens (including phenoxy) is 1. The second-order valence-electron chi connectivity index (χ2n) is 3.65. The van der Waals surface area contributed by atoms with Crippen molar-refractivity contribution in [2.75, 3.05) is 0 Å². The Hall–Kier alpha value is -1.31. The van der Waals surface area contributed by atoms with Crippen LogP contribution in [-0.4, -0.2) is 28.8 Å². The first-order chi connectivity index (χ1) is 6.45. The van der Waals surface area contributed by atoms with Crippen molar-refractivity contribution in [3.05, 3.63) is 0 Å². The van der Waals surface area contributed by atoms with E-state index < -0.39 is 28.8 Å². The zero-order valence-electron chi connectivity index (χ0n) is 8.38. The number of amides is 2. The highest BCUT2D eigenvalue weighted by Crippen LogP contribution is 2.18. The first kappa shape index (κ1) is 13.7. The highest BCUT2D eigenvalue weighted by Gasteiger charge is 2.45. The minimum atomic E-state index is -5.20. The summed E-state index contributed by atoms with van der Waals surface area (Å²) in [5.74, 6) is 2.17. The van der Waals surface area contributed by atoms with Crippen molar-refractivity contribution in [3.63, 3.8) is 0 Å². The van der Waals surface area contributed by atoms with E-state index in [2.05, 4.69) is 10.6 Å². The minimum Gasteiger partial charge on any atom is -0.442 e. The van der Waals surface area contributed by atoms with Gasteiger partial charge >= 0.3 is 18.2 Å². The summed E-state index contributed by atoms with van der Waals surface area (Å²) in [7, 11) is 0. The van der Waals surface area contributed by atoms with Crippen molar-refractivity contribution in [1.29, 1.82) is 0 Å². The molecule has 0 rings (SSSR count). The third kappa shape index (κ3) is 4.63. The standard InChI is InChI=1S/C7H11F3N2O3/c1-6(2,3)15-5(14)12(11)4(13)7(8,9)10/h11H2,1-3H3. The smallest absolute Gasteiger partial charge is 0.442 e. The van der Waals surface area contributed by atoms with Crippen LogP contribution in [0.1, 0.15) is 20.8 Å². The maximum atomic E-state index is 11.8. The van der Waals surface area contributed by atoms with E-state index in [0.717, 1.165) is 0 Å². The molecule has 0 aliphatic carbocycles. The molecule has 0 unspecified atom stereocenters. The number of rotatable bonds is 0. The average Bonchev–Trinajstić information content (AvgIpc) is 1.96. The molecule has 0 spiro atoms. The van der Waals surface area contributed by atoms with E-state index in [1.54, 1.807) is 0 Å². The van der Waals surface area contributed by atoms with E-state index >= 15 is 0 Å². The summed E-state index contributed by atoms with van der Waals surface area (Å²) in [6, 6.07) is 0. The molecule has 0 aromatic rings. The van der Waals surface area contributed by atoms with Crippen LogP contribution in [0, 0.1) is 0 Å². The molecule has 0 aliphatic rings. The van der Waals surface area contributed by atoms with Crippen LogP contribution in [0.2, 0.25) is 0 Å². The van der Waals surface area contributed by atoms with Crippen LogP contribution in [0.15, 0.2) is 0 Å². The van der Waals surface area contributed by atoms with E-state index in [0.29, 0.717) is 0 Å². The Labute approximate surface area is 83.9 Å². The number of carbonyl (C=O) groups excluding carboxylic acids is 2. The molecule has 0 heterocycles. The van der Waals surface area contributed by atoms with Crippen LogP contribution in [0.5, 0.6) is 0 Å². The lowest BCUT2D eigenvalue weighted by molar-refractivity contribution is -0.184. The number of hydrogen-bond donors (Lipinski definition) is 1. The molecular formula is C7H11F3N2O3. The number of nitrogens with two attached hydrogens (primary N) is 1. The van der Waals surface area contributed by atoms with Crippen molar-refractivity contribution in [2.24, 2.45) is 5.84 Å². The zero-order chi connectivity index (χ0) is 12.4. The third-order valence-corrected chi connectivity index (χ3v) is 1.05. The Balaban J connectivity index is 4.54. The van der Waals surface area contributed by atoms with Gasteiger partial charge in [-0.1, -0.05) is 0 Å². The van der Waals surface area contributed by atoms with E-state index in [1.165, 1.54) is 20.8 Å². The first-order valence-electron chi connectivity index (χ1n) is 3.84. The fraction of sp³-hybridized carbons (Fsp3) is 0.714. The normalized spacial score (nSPS) is 12.2. The van der Waals surface area contributed by atoms with Crippen LogP contribution in [0.4, 0.5) is 18.0 Å². The van der Waals surface area contributed by atoms with Gasteiger partial charge in [-0.3, -0.25) is 4.79 Å². The number of hydrazine groups is 1. The number of nitrogens with zero attached hydrogens (tertiary/aromatic N) is 1. The van der Waals surface area contributed by atoms with E-state index in [9.17, 15) is 22.8 Å². The maximum Gasteiger partial charge on any atom is 0.473 e. The lowest BCUT2D eigenvalue weighted by Gasteiger charge is -2.23. The molecule has 0 bridgehead atoms. The van der Waals surface area contributed by atoms with Gasteiger partial charge in [0.1, 0.15) is 5.60 Å². The first-order valence-corrected chi connectivity index (χ1v) is 3.84. The van der Waals surface area contributed by atoms with Crippen molar-refractivity contribution in [2.45, 2.75) is 32.5 Å². The van der Waals surface area contributed by atoms with Gasteiger partial charge in [0.15, 0.2) is 0 Å². The van der Waals surface area contributed by atoms with Crippen molar-refractivity contribution < 1.29 is 27.5 Å². The van der Waals surface area contributed by atoms with E-state index in [-0.39, 0.29) is 0 Å².